The van der Waals surface area contributed by atoms with Crippen LogP contribution in [0.2, 0.25) is 0 Å². The zero-order valence-electron chi connectivity index (χ0n) is 12.2. The highest BCUT2D eigenvalue weighted by atomic mass is 16.5. The second kappa shape index (κ2) is 5.31. The Labute approximate surface area is 123 Å². The Morgan fingerprint density at radius 3 is 2.05 bits per heavy atom. The lowest BCUT2D eigenvalue weighted by atomic mass is 9.52. The molecule has 4 bridgehead atoms. The molecule has 116 valence electrons. The van der Waals surface area contributed by atoms with Crippen LogP contribution < -0.4 is 11.1 Å². The predicted octanol–water partition coefficient (Wildman–Crippen LogP) is 1.19. The average Bonchev–Trinajstić information content (AvgIpc) is 2.36. The first-order chi connectivity index (χ1) is 9.94. The Bertz CT molecular complexity index is 448. The number of hydrogen-bond donors (Lipinski definition) is 2. The van der Waals surface area contributed by atoms with E-state index in [2.05, 4.69) is 0 Å². The molecule has 4 aliphatic carbocycles. The van der Waals surface area contributed by atoms with Gasteiger partial charge in [0.05, 0.1) is 5.92 Å². The van der Waals surface area contributed by atoms with E-state index in [1.54, 1.807) is 0 Å². The van der Waals surface area contributed by atoms with Crippen LogP contribution in [-0.2, 0) is 14.3 Å². The van der Waals surface area contributed by atoms with E-state index in [9.17, 15) is 14.4 Å². The van der Waals surface area contributed by atoms with Gasteiger partial charge in [0.15, 0.2) is 6.10 Å². The van der Waals surface area contributed by atoms with Gasteiger partial charge in [-0.2, -0.15) is 0 Å². The van der Waals surface area contributed by atoms with Gasteiger partial charge in [0.1, 0.15) is 0 Å². The van der Waals surface area contributed by atoms with Crippen molar-refractivity contribution in [1.29, 1.82) is 0 Å². The van der Waals surface area contributed by atoms with E-state index in [4.69, 9.17) is 10.5 Å². The minimum atomic E-state index is -0.984. The van der Waals surface area contributed by atoms with Crippen molar-refractivity contribution in [3.05, 3.63) is 0 Å². The number of carbonyl (C=O) groups is 3. The summed E-state index contributed by atoms with van der Waals surface area (Å²) in [7, 11) is 0. The summed E-state index contributed by atoms with van der Waals surface area (Å²) >= 11 is 0. The molecule has 3 N–H and O–H groups in total. The van der Waals surface area contributed by atoms with E-state index in [0.717, 1.165) is 37.5 Å². The van der Waals surface area contributed by atoms with Gasteiger partial charge in [-0.05, 0) is 62.7 Å². The second-order valence-electron chi connectivity index (χ2n) is 6.89. The third-order valence-electron chi connectivity index (χ3n) is 5.41. The first-order valence-corrected chi connectivity index (χ1v) is 7.74. The van der Waals surface area contributed by atoms with Crippen molar-refractivity contribution in [3.63, 3.8) is 0 Å². The zero-order chi connectivity index (χ0) is 15.1. The summed E-state index contributed by atoms with van der Waals surface area (Å²) in [6.07, 6.45) is 4.82. The molecule has 4 saturated carbocycles. The lowest BCUT2D eigenvalue weighted by Crippen LogP contribution is -2.50. The van der Waals surface area contributed by atoms with Crippen LogP contribution in [0.25, 0.3) is 0 Å². The lowest BCUT2D eigenvalue weighted by Gasteiger charge is -2.53. The monoisotopic (exact) mass is 294 g/mol. The fourth-order valence-corrected chi connectivity index (χ4v) is 4.84. The maximum absolute atomic E-state index is 12.4. The smallest absolute Gasteiger partial charge is 0.318 e. The van der Waals surface area contributed by atoms with E-state index >= 15 is 0 Å². The van der Waals surface area contributed by atoms with Gasteiger partial charge in [-0.25, -0.2) is 4.79 Å². The molecule has 0 aromatic rings. The number of nitrogens with one attached hydrogen (secondary N) is 1. The minimum Gasteiger partial charge on any atom is -0.452 e. The van der Waals surface area contributed by atoms with Crippen molar-refractivity contribution in [2.24, 2.45) is 35.3 Å². The minimum absolute atomic E-state index is 0.0679. The summed E-state index contributed by atoms with van der Waals surface area (Å²) in [6.45, 7) is 1.46. The lowest BCUT2D eigenvalue weighted by molar-refractivity contribution is -0.170. The van der Waals surface area contributed by atoms with E-state index in [1.807, 2.05) is 5.32 Å². The maximum Gasteiger partial charge on any atom is 0.318 e. The van der Waals surface area contributed by atoms with Crippen molar-refractivity contribution in [2.45, 2.75) is 45.1 Å². The van der Waals surface area contributed by atoms with E-state index in [1.165, 1.54) is 13.3 Å². The van der Waals surface area contributed by atoms with Crippen molar-refractivity contribution in [2.75, 3.05) is 0 Å². The van der Waals surface area contributed by atoms with Crippen molar-refractivity contribution >= 4 is 17.9 Å². The number of nitrogens with two attached hydrogens (primary N) is 1. The van der Waals surface area contributed by atoms with Crippen LogP contribution in [0.4, 0.5) is 4.79 Å². The zero-order valence-corrected chi connectivity index (χ0v) is 12.2. The number of hydrogen-bond acceptors (Lipinski definition) is 4. The maximum atomic E-state index is 12.4. The second-order valence-corrected chi connectivity index (χ2v) is 6.89. The molecule has 0 aliphatic heterocycles. The molecule has 0 heterocycles. The number of primary amides is 1. The predicted molar refractivity (Wildman–Crippen MR) is 73.8 cm³/mol. The Hall–Kier alpha value is -1.59. The molecule has 6 nitrogen and oxygen atoms in total. The number of carbonyl (C=O) groups excluding carboxylic acids is 3. The van der Waals surface area contributed by atoms with Gasteiger partial charge in [-0.3, -0.25) is 14.9 Å². The molecule has 21 heavy (non-hydrogen) atoms. The number of rotatable bonds is 3. The Morgan fingerprint density at radius 1 is 1.05 bits per heavy atom. The van der Waals surface area contributed by atoms with Gasteiger partial charge >= 0.3 is 12.0 Å². The Morgan fingerprint density at radius 2 is 1.57 bits per heavy atom. The number of urea groups is 1. The van der Waals surface area contributed by atoms with Gasteiger partial charge in [-0.1, -0.05) is 0 Å². The van der Waals surface area contributed by atoms with E-state index in [0.29, 0.717) is 11.8 Å². The third-order valence-corrected chi connectivity index (χ3v) is 5.41. The van der Waals surface area contributed by atoms with Crippen molar-refractivity contribution in [1.82, 2.24) is 5.32 Å². The third kappa shape index (κ3) is 2.76. The quantitative estimate of drug-likeness (QED) is 0.764. The number of imide groups is 1. The Balaban J connectivity index is 1.61. The average molecular weight is 294 g/mol. The van der Waals surface area contributed by atoms with Gasteiger partial charge in [0.25, 0.3) is 5.91 Å². The fraction of sp³-hybridized carbons (Fsp3) is 0.800. The standard InChI is InChI=1S/C15H22N2O4/c1-7(13(18)17-15(16)20)21-14(19)12-10-3-8-2-9(5-10)6-11(12)4-8/h7-12H,2-6H2,1H3,(H3,16,17,18,20)/t7-,8?,9?,10?,11?,12?/m0/s1. The van der Waals surface area contributed by atoms with Gasteiger partial charge in [0.2, 0.25) is 0 Å². The molecule has 4 aliphatic rings. The summed E-state index contributed by atoms with van der Waals surface area (Å²) in [6, 6.07) is -0.933. The largest absolute Gasteiger partial charge is 0.452 e. The molecule has 0 aromatic heterocycles. The highest BCUT2D eigenvalue weighted by molar-refractivity contribution is 5.96. The molecule has 0 radical (unpaired) electrons. The molecule has 4 fully saturated rings. The molecule has 0 spiro atoms. The van der Waals surface area contributed by atoms with Crippen LogP contribution in [0, 0.1) is 29.6 Å². The van der Waals surface area contributed by atoms with E-state index < -0.39 is 18.0 Å². The number of amides is 3. The molecule has 1 atom stereocenters. The molecular weight excluding hydrogens is 272 g/mol. The summed E-state index contributed by atoms with van der Waals surface area (Å²) in [5.74, 6) is 1.39. The molecule has 0 aromatic carbocycles. The van der Waals surface area contributed by atoms with Crippen LogP contribution >= 0.6 is 0 Å². The molecule has 3 amide bonds. The van der Waals surface area contributed by atoms with Crippen molar-refractivity contribution in [3.8, 4) is 0 Å². The SMILES string of the molecule is C[C@H](OC(=O)C1C2CC3CC(C2)CC1C3)C(=O)NC(N)=O. The number of ether oxygens (including phenoxy) is 1. The van der Waals surface area contributed by atoms with Crippen LogP contribution in [0.5, 0.6) is 0 Å². The molecule has 6 heteroatoms. The fourth-order valence-electron chi connectivity index (χ4n) is 4.84. The highest BCUT2D eigenvalue weighted by Crippen LogP contribution is 2.56. The topological polar surface area (TPSA) is 98.5 Å². The van der Waals surface area contributed by atoms with Crippen LogP contribution in [0.1, 0.15) is 39.0 Å². The highest BCUT2D eigenvalue weighted by Gasteiger charge is 2.51. The van der Waals surface area contributed by atoms with Gasteiger partial charge in [0, 0.05) is 0 Å². The molecule has 4 rings (SSSR count). The summed E-state index contributed by atoms with van der Waals surface area (Å²) in [5, 5.41) is 1.94. The van der Waals surface area contributed by atoms with Crippen LogP contribution in [0.3, 0.4) is 0 Å². The first kappa shape index (κ1) is 14.4. The normalized spacial score (nSPS) is 37.9. The molecule has 0 unspecified atom stereocenters. The Kier molecular flexibility index (Phi) is 3.63. The van der Waals surface area contributed by atoms with E-state index in [-0.39, 0.29) is 11.9 Å². The first-order valence-electron chi connectivity index (χ1n) is 7.74. The van der Waals surface area contributed by atoms with Crippen molar-refractivity contribution < 1.29 is 19.1 Å². The van der Waals surface area contributed by atoms with Gasteiger partial charge < -0.3 is 10.5 Å². The molecule has 0 saturated heterocycles. The van der Waals surface area contributed by atoms with Crippen LogP contribution in [-0.4, -0.2) is 24.0 Å². The summed E-state index contributed by atoms with van der Waals surface area (Å²) < 4.78 is 5.28. The summed E-state index contributed by atoms with van der Waals surface area (Å²) in [4.78, 5) is 34.7. The van der Waals surface area contributed by atoms with Gasteiger partial charge in [-0.15, -0.1) is 0 Å². The summed E-state index contributed by atoms with van der Waals surface area (Å²) in [5.41, 5.74) is 4.89. The number of esters is 1. The molecular formula is C15H22N2O4. The van der Waals surface area contributed by atoms with Crippen LogP contribution in [0.15, 0.2) is 0 Å².